The Kier molecular flexibility index (Phi) is 3.44. The predicted molar refractivity (Wildman–Crippen MR) is 88.6 cm³/mol. The molecular formula is C18H23N3O3. The maximum Gasteiger partial charge on any atom is 0.247 e. The number of rotatable bonds is 4. The van der Waals surface area contributed by atoms with Gasteiger partial charge in [-0.2, -0.15) is 4.98 Å². The van der Waals surface area contributed by atoms with E-state index in [9.17, 15) is 0 Å². The van der Waals surface area contributed by atoms with E-state index in [2.05, 4.69) is 30.1 Å². The lowest BCUT2D eigenvalue weighted by Gasteiger charge is -2.56. The van der Waals surface area contributed by atoms with E-state index in [0.717, 1.165) is 24.3 Å². The van der Waals surface area contributed by atoms with Crippen molar-refractivity contribution in [1.29, 1.82) is 0 Å². The zero-order chi connectivity index (χ0) is 16.9. The lowest BCUT2D eigenvalue weighted by atomic mass is 9.54. The van der Waals surface area contributed by atoms with Crippen LogP contribution in [-0.4, -0.2) is 29.5 Å². The highest BCUT2D eigenvalue weighted by Gasteiger charge is 2.62. The second-order valence-corrected chi connectivity index (χ2v) is 7.19. The quantitative estimate of drug-likeness (QED) is 0.928. The summed E-state index contributed by atoms with van der Waals surface area (Å²) in [6.07, 6.45) is 1.71. The molecule has 1 aliphatic heterocycles. The molecule has 24 heavy (non-hydrogen) atoms. The third-order valence-corrected chi connectivity index (χ3v) is 5.59. The highest BCUT2D eigenvalue weighted by Crippen LogP contribution is 2.55. The second kappa shape index (κ2) is 5.29. The van der Waals surface area contributed by atoms with Crippen molar-refractivity contribution in [2.75, 3.05) is 13.2 Å². The standard InChI is InChI=1S/C18H23N3O3/c1-4-22-14-10-18(19,17(14,2)3)16-20-15(21-24-16)12-5-6-13-11(9-12)7-8-23-13/h5-6,9,14H,4,7-8,10,19H2,1-3H3. The fourth-order valence-corrected chi connectivity index (χ4v) is 3.65. The average molecular weight is 329 g/mol. The van der Waals surface area contributed by atoms with Crippen molar-refractivity contribution in [2.24, 2.45) is 11.1 Å². The first kappa shape index (κ1) is 15.6. The third kappa shape index (κ3) is 2.09. The van der Waals surface area contributed by atoms with Crippen molar-refractivity contribution in [3.05, 3.63) is 29.7 Å². The van der Waals surface area contributed by atoms with E-state index in [1.807, 2.05) is 19.1 Å². The van der Waals surface area contributed by atoms with Crippen molar-refractivity contribution >= 4 is 0 Å². The summed E-state index contributed by atoms with van der Waals surface area (Å²) in [5, 5.41) is 4.15. The number of aromatic nitrogens is 2. The number of hydrogen-bond donors (Lipinski definition) is 1. The minimum Gasteiger partial charge on any atom is -0.493 e. The van der Waals surface area contributed by atoms with E-state index in [1.165, 1.54) is 5.56 Å². The number of fused-ring (bicyclic) bond motifs is 1. The van der Waals surface area contributed by atoms with E-state index in [0.29, 0.717) is 24.7 Å². The minimum atomic E-state index is -0.655. The molecule has 2 N–H and O–H groups in total. The van der Waals surface area contributed by atoms with Crippen LogP contribution in [0.2, 0.25) is 0 Å². The van der Waals surface area contributed by atoms with E-state index in [1.54, 1.807) is 0 Å². The van der Waals surface area contributed by atoms with Gasteiger partial charge in [-0.05, 0) is 30.7 Å². The molecule has 2 heterocycles. The first-order valence-electron chi connectivity index (χ1n) is 8.46. The summed E-state index contributed by atoms with van der Waals surface area (Å²) in [6, 6.07) is 5.98. The fraction of sp³-hybridized carbons (Fsp3) is 0.556. The van der Waals surface area contributed by atoms with Crippen LogP contribution in [0.25, 0.3) is 11.4 Å². The molecule has 2 aromatic rings. The summed E-state index contributed by atoms with van der Waals surface area (Å²) in [4.78, 5) is 4.59. The van der Waals surface area contributed by atoms with Gasteiger partial charge >= 0.3 is 0 Å². The summed E-state index contributed by atoms with van der Waals surface area (Å²) < 4.78 is 16.8. The Labute approximate surface area is 141 Å². The molecule has 1 aliphatic carbocycles. The average Bonchev–Trinajstić information content (AvgIpc) is 3.23. The van der Waals surface area contributed by atoms with E-state index in [-0.39, 0.29) is 11.5 Å². The van der Waals surface area contributed by atoms with Gasteiger partial charge < -0.3 is 19.7 Å². The maximum absolute atomic E-state index is 6.61. The molecule has 2 atom stereocenters. The van der Waals surface area contributed by atoms with Crippen LogP contribution in [0.4, 0.5) is 0 Å². The van der Waals surface area contributed by atoms with Crippen LogP contribution in [0.5, 0.6) is 5.75 Å². The Balaban J connectivity index is 1.62. The molecule has 1 aromatic heterocycles. The van der Waals surface area contributed by atoms with Gasteiger partial charge in [0.2, 0.25) is 11.7 Å². The third-order valence-electron chi connectivity index (χ3n) is 5.59. The van der Waals surface area contributed by atoms with Crippen LogP contribution in [0.1, 0.15) is 38.6 Å². The van der Waals surface area contributed by atoms with Gasteiger partial charge in [-0.3, -0.25) is 0 Å². The highest BCUT2D eigenvalue weighted by atomic mass is 16.5. The monoisotopic (exact) mass is 329 g/mol. The number of benzene rings is 1. The van der Waals surface area contributed by atoms with Crippen molar-refractivity contribution in [3.63, 3.8) is 0 Å². The predicted octanol–water partition coefficient (Wildman–Crippen LogP) is 2.66. The first-order chi connectivity index (χ1) is 11.5. The van der Waals surface area contributed by atoms with Gasteiger partial charge in [0.15, 0.2) is 0 Å². The van der Waals surface area contributed by atoms with Gasteiger partial charge in [0, 0.05) is 30.4 Å². The first-order valence-corrected chi connectivity index (χ1v) is 8.46. The number of nitrogens with zero attached hydrogens (tertiary/aromatic N) is 2. The summed E-state index contributed by atoms with van der Waals surface area (Å²) in [5.41, 5.74) is 7.81. The molecule has 6 nitrogen and oxygen atoms in total. The van der Waals surface area contributed by atoms with Gasteiger partial charge in [0.05, 0.1) is 12.7 Å². The van der Waals surface area contributed by atoms with Crippen molar-refractivity contribution < 1.29 is 14.0 Å². The molecule has 0 radical (unpaired) electrons. The molecule has 4 rings (SSSR count). The molecule has 0 bridgehead atoms. The van der Waals surface area contributed by atoms with Crippen molar-refractivity contribution in [3.8, 4) is 17.1 Å². The zero-order valence-electron chi connectivity index (χ0n) is 14.3. The lowest BCUT2D eigenvalue weighted by molar-refractivity contribution is -0.162. The molecule has 1 fully saturated rings. The van der Waals surface area contributed by atoms with Crippen LogP contribution in [-0.2, 0) is 16.7 Å². The second-order valence-electron chi connectivity index (χ2n) is 7.19. The molecule has 0 saturated heterocycles. The van der Waals surface area contributed by atoms with Gasteiger partial charge in [-0.1, -0.05) is 19.0 Å². The Hall–Kier alpha value is -1.92. The number of nitrogens with two attached hydrogens (primary N) is 1. The summed E-state index contributed by atoms with van der Waals surface area (Å²) in [5.74, 6) is 1.99. The van der Waals surface area contributed by atoms with Crippen molar-refractivity contribution in [1.82, 2.24) is 10.1 Å². The molecule has 2 unspecified atom stereocenters. The number of ether oxygens (including phenoxy) is 2. The SMILES string of the molecule is CCOC1CC(N)(c2nc(-c3ccc4c(c3)CCO4)no2)C1(C)C. The van der Waals surface area contributed by atoms with Crippen LogP contribution >= 0.6 is 0 Å². The van der Waals surface area contributed by atoms with E-state index in [4.69, 9.17) is 19.7 Å². The lowest BCUT2D eigenvalue weighted by Crippen LogP contribution is -2.67. The molecule has 128 valence electrons. The number of hydrogen-bond acceptors (Lipinski definition) is 6. The van der Waals surface area contributed by atoms with E-state index < -0.39 is 5.54 Å². The zero-order valence-corrected chi connectivity index (χ0v) is 14.3. The van der Waals surface area contributed by atoms with Gasteiger partial charge in [-0.25, -0.2) is 0 Å². The minimum absolute atomic E-state index is 0.111. The molecular weight excluding hydrogens is 306 g/mol. The summed E-state index contributed by atoms with van der Waals surface area (Å²) in [6.45, 7) is 7.58. The Morgan fingerprint density at radius 3 is 2.96 bits per heavy atom. The van der Waals surface area contributed by atoms with Crippen LogP contribution in [0.3, 0.4) is 0 Å². The molecule has 1 saturated carbocycles. The molecule has 2 aliphatic rings. The highest BCUT2D eigenvalue weighted by molar-refractivity contribution is 5.59. The van der Waals surface area contributed by atoms with Gasteiger partial charge in [0.1, 0.15) is 11.3 Å². The van der Waals surface area contributed by atoms with Crippen LogP contribution in [0.15, 0.2) is 22.7 Å². The summed E-state index contributed by atoms with van der Waals surface area (Å²) in [7, 11) is 0. The largest absolute Gasteiger partial charge is 0.493 e. The normalized spacial score (nSPS) is 27.4. The van der Waals surface area contributed by atoms with Gasteiger partial charge in [0.25, 0.3) is 0 Å². The van der Waals surface area contributed by atoms with E-state index >= 15 is 0 Å². The summed E-state index contributed by atoms with van der Waals surface area (Å²) >= 11 is 0. The Morgan fingerprint density at radius 2 is 2.21 bits per heavy atom. The smallest absolute Gasteiger partial charge is 0.247 e. The Morgan fingerprint density at radius 1 is 1.38 bits per heavy atom. The molecule has 0 amide bonds. The van der Waals surface area contributed by atoms with Crippen LogP contribution < -0.4 is 10.5 Å². The van der Waals surface area contributed by atoms with Crippen LogP contribution in [0, 0.1) is 5.41 Å². The fourth-order valence-electron chi connectivity index (χ4n) is 3.65. The van der Waals surface area contributed by atoms with Crippen molar-refractivity contribution in [2.45, 2.75) is 45.3 Å². The molecule has 6 heteroatoms. The Bertz CT molecular complexity index is 771. The maximum atomic E-state index is 6.61. The molecule has 0 spiro atoms. The van der Waals surface area contributed by atoms with Gasteiger partial charge in [-0.15, -0.1) is 0 Å². The molecule has 1 aromatic carbocycles. The topological polar surface area (TPSA) is 83.4 Å².